The Hall–Kier alpha value is -2.87. The van der Waals surface area contributed by atoms with Crippen LogP contribution in [0.3, 0.4) is 0 Å². The number of benzene rings is 1. The number of rotatable bonds is 5. The highest BCUT2D eigenvalue weighted by molar-refractivity contribution is 7.99. The third-order valence-electron chi connectivity index (χ3n) is 5.01. The molecule has 1 N–H and O–H groups in total. The molecule has 0 atom stereocenters. The zero-order valence-corrected chi connectivity index (χ0v) is 16.0. The number of hydrogen-bond acceptors (Lipinski definition) is 6. The molecule has 3 heterocycles. The minimum Gasteiger partial charge on any atom is -0.461 e. The summed E-state index contributed by atoms with van der Waals surface area (Å²) in [6.07, 6.45) is 6.15. The maximum Gasteiger partial charge on any atom is 0.230 e. The number of para-hydroxylation sites is 1. The number of thioether (sulfide) groups is 1. The van der Waals surface area contributed by atoms with Gasteiger partial charge in [-0.3, -0.25) is 9.20 Å². The van der Waals surface area contributed by atoms with Gasteiger partial charge in [0, 0.05) is 11.4 Å². The van der Waals surface area contributed by atoms with Gasteiger partial charge in [-0.25, -0.2) is 4.98 Å². The van der Waals surface area contributed by atoms with Crippen LogP contribution in [0, 0.1) is 0 Å². The first-order valence-electron chi connectivity index (χ1n) is 9.39. The Morgan fingerprint density at radius 2 is 2.04 bits per heavy atom. The standard InChI is InChI=1S/C20H19N5O2S/c26-17(21-13-6-1-2-7-13)12-28-20-24-23-18-14-8-3-4-9-15(14)22-19(25(18)20)16-10-5-11-27-16/h3-5,8-11,13H,1-2,6-7,12H2,(H,21,26). The van der Waals surface area contributed by atoms with Crippen LogP contribution in [-0.2, 0) is 4.79 Å². The number of amides is 1. The summed E-state index contributed by atoms with van der Waals surface area (Å²) >= 11 is 1.36. The van der Waals surface area contributed by atoms with E-state index in [9.17, 15) is 4.79 Å². The molecule has 0 spiro atoms. The van der Waals surface area contributed by atoms with Gasteiger partial charge in [-0.1, -0.05) is 36.7 Å². The lowest BCUT2D eigenvalue weighted by molar-refractivity contribution is -0.119. The molecule has 5 rings (SSSR count). The van der Waals surface area contributed by atoms with Crippen LogP contribution in [0.15, 0.2) is 52.2 Å². The van der Waals surface area contributed by atoms with E-state index in [-0.39, 0.29) is 5.91 Å². The topological polar surface area (TPSA) is 85.3 Å². The Bertz CT molecular complexity index is 1130. The molecule has 3 aromatic heterocycles. The lowest BCUT2D eigenvalue weighted by Gasteiger charge is -2.11. The third kappa shape index (κ3) is 3.13. The molecule has 8 heteroatoms. The van der Waals surface area contributed by atoms with E-state index < -0.39 is 0 Å². The van der Waals surface area contributed by atoms with Crippen LogP contribution < -0.4 is 5.32 Å². The van der Waals surface area contributed by atoms with Crippen LogP contribution in [0.2, 0.25) is 0 Å². The fourth-order valence-corrected chi connectivity index (χ4v) is 4.44. The molecule has 0 aliphatic heterocycles. The van der Waals surface area contributed by atoms with Crippen molar-refractivity contribution in [2.24, 2.45) is 0 Å². The fourth-order valence-electron chi connectivity index (χ4n) is 3.69. The number of nitrogens with zero attached hydrogens (tertiary/aromatic N) is 4. The van der Waals surface area contributed by atoms with Crippen molar-refractivity contribution in [2.45, 2.75) is 36.9 Å². The second-order valence-electron chi connectivity index (χ2n) is 6.91. The Balaban J connectivity index is 1.50. The lowest BCUT2D eigenvalue weighted by Crippen LogP contribution is -2.33. The predicted octanol–water partition coefficient (Wildman–Crippen LogP) is 3.69. The molecule has 1 aromatic carbocycles. The van der Waals surface area contributed by atoms with Crippen molar-refractivity contribution in [3.63, 3.8) is 0 Å². The van der Waals surface area contributed by atoms with Crippen molar-refractivity contribution >= 4 is 34.2 Å². The molecular formula is C20H19N5O2S. The highest BCUT2D eigenvalue weighted by Crippen LogP contribution is 2.29. The molecule has 142 valence electrons. The minimum absolute atomic E-state index is 0.0296. The van der Waals surface area contributed by atoms with E-state index in [1.54, 1.807) is 6.26 Å². The molecule has 1 aliphatic carbocycles. The van der Waals surface area contributed by atoms with Crippen molar-refractivity contribution in [2.75, 3.05) is 5.75 Å². The zero-order chi connectivity index (χ0) is 18.9. The molecule has 0 unspecified atom stereocenters. The molecular weight excluding hydrogens is 374 g/mol. The predicted molar refractivity (Wildman–Crippen MR) is 107 cm³/mol. The number of aromatic nitrogens is 4. The summed E-state index contributed by atoms with van der Waals surface area (Å²) in [6, 6.07) is 11.8. The number of carbonyl (C=O) groups is 1. The maximum atomic E-state index is 12.3. The summed E-state index contributed by atoms with van der Waals surface area (Å²) in [6.45, 7) is 0. The van der Waals surface area contributed by atoms with Crippen molar-refractivity contribution in [1.29, 1.82) is 0 Å². The van der Waals surface area contributed by atoms with Gasteiger partial charge in [0.1, 0.15) is 0 Å². The highest BCUT2D eigenvalue weighted by atomic mass is 32.2. The number of hydrogen-bond donors (Lipinski definition) is 1. The summed E-state index contributed by atoms with van der Waals surface area (Å²) < 4.78 is 7.46. The summed E-state index contributed by atoms with van der Waals surface area (Å²) in [5, 5.41) is 13.4. The van der Waals surface area contributed by atoms with Gasteiger partial charge in [0.05, 0.1) is 17.5 Å². The first-order chi connectivity index (χ1) is 13.8. The average molecular weight is 393 g/mol. The first kappa shape index (κ1) is 17.2. The highest BCUT2D eigenvalue weighted by Gasteiger charge is 2.20. The summed E-state index contributed by atoms with van der Waals surface area (Å²) in [5.74, 6) is 1.58. The van der Waals surface area contributed by atoms with Gasteiger partial charge in [0.2, 0.25) is 5.91 Å². The second kappa shape index (κ2) is 7.27. The van der Waals surface area contributed by atoms with Crippen molar-refractivity contribution < 1.29 is 9.21 Å². The molecule has 28 heavy (non-hydrogen) atoms. The van der Waals surface area contributed by atoms with Gasteiger partial charge in [-0.2, -0.15) is 0 Å². The maximum absolute atomic E-state index is 12.3. The molecule has 1 aliphatic rings. The Labute approximate surface area is 165 Å². The zero-order valence-electron chi connectivity index (χ0n) is 15.2. The van der Waals surface area contributed by atoms with Gasteiger partial charge >= 0.3 is 0 Å². The third-order valence-corrected chi connectivity index (χ3v) is 5.94. The second-order valence-corrected chi connectivity index (χ2v) is 7.85. The van der Waals surface area contributed by atoms with Crippen LogP contribution in [0.25, 0.3) is 28.1 Å². The number of carbonyl (C=O) groups excluding carboxylic acids is 1. The van der Waals surface area contributed by atoms with Crippen molar-refractivity contribution in [1.82, 2.24) is 24.9 Å². The Kier molecular flexibility index (Phi) is 4.48. The van der Waals surface area contributed by atoms with Crippen molar-refractivity contribution in [3.05, 3.63) is 42.7 Å². The smallest absolute Gasteiger partial charge is 0.230 e. The quantitative estimate of drug-likeness (QED) is 0.521. The van der Waals surface area contributed by atoms with Gasteiger partial charge in [0.15, 0.2) is 22.4 Å². The van der Waals surface area contributed by atoms with Crippen LogP contribution >= 0.6 is 11.8 Å². The number of fused-ring (bicyclic) bond motifs is 3. The van der Waals surface area contributed by atoms with E-state index in [1.807, 2.05) is 40.8 Å². The Morgan fingerprint density at radius 3 is 2.86 bits per heavy atom. The van der Waals surface area contributed by atoms with Gasteiger partial charge < -0.3 is 9.73 Å². The van der Waals surface area contributed by atoms with E-state index in [0.29, 0.717) is 34.2 Å². The molecule has 0 radical (unpaired) electrons. The fraction of sp³-hybridized carbons (Fsp3) is 0.300. The molecule has 7 nitrogen and oxygen atoms in total. The van der Waals surface area contributed by atoms with E-state index >= 15 is 0 Å². The van der Waals surface area contributed by atoms with Crippen LogP contribution in [-0.4, -0.2) is 37.3 Å². The minimum atomic E-state index is 0.0296. The van der Waals surface area contributed by atoms with Crippen LogP contribution in [0.1, 0.15) is 25.7 Å². The Morgan fingerprint density at radius 1 is 1.18 bits per heavy atom. The van der Waals surface area contributed by atoms with Crippen molar-refractivity contribution in [3.8, 4) is 11.6 Å². The molecule has 0 saturated heterocycles. The summed E-state index contributed by atoms with van der Waals surface area (Å²) in [5.41, 5.74) is 1.53. The largest absolute Gasteiger partial charge is 0.461 e. The molecule has 1 fully saturated rings. The van der Waals surface area contributed by atoms with Crippen LogP contribution in [0.4, 0.5) is 0 Å². The van der Waals surface area contributed by atoms with E-state index in [4.69, 9.17) is 9.40 Å². The van der Waals surface area contributed by atoms with E-state index in [0.717, 1.165) is 23.7 Å². The van der Waals surface area contributed by atoms with Crippen LogP contribution in [0.5, 0.6) is 0 Å². The van der Waals surface area contributed by atoms with Gasteiger partial charge in [-0.05, 0) is 37.1 Å². The number of nitrogens with one attached hydrogen (secondary N) is 1. The van der Waals surface area contributed by atoms with E-state index in [2.05, 4.69) is 15.5 Å². The normalized spacial score (nSPS) is 14.9. The first-order valence-corrected chi connectivity index (χ1v) is 10.4. The SMILES string of the molecule is O=C(CSc1nnc2c3ccccc3nc(-c3ccco3)n12)NC1CCCC1. The molecule has 4 aromatic rings. The molecule has 1 saturated carbocycles. The van der Waals surface area contributed by atoms with Gasteiger partial charge in [0.25, 0.3) is 0 Å². The number of furan rings is 1. The lowest BCUT2D eigenvalue weighted by atomic mass is 10.2. The molecule has 0 bridgehead atoms. The van der Waals surface area contributed by atoms with Gasteiger partial charge in [-0.15, -0.1) is 10.2 Å². The summed E-state index contributed by atoms with van der Waals surface area (Å²) in [7, 11) is 0. The average Bonchev–Trinajstić information content (AvgIpc) is 3.47. The molecule has 1 amide bonds. The summed E-state index contributed by atoms with van der Waals surface area (Å²) in [4.78, 5) is 17.1. The van der Waals surface area contributed by atoms with E-state index in [1.165, 1.54) is 24.6 Å². The monoisotopic (exact) mass is 393 g/mol.